The largest absolute Gasteiger partial charge is 0.311 e. The van der Waals surface area contributed by atoms with Crippen molar-refractivity contribution in [3.05, 3.63) is 212 Å². The smallest absolute Gasteiger partial charge is 0.183 e. The first kappa shape index (κ1) is 29.9. The van der Waals surface area contributed by atoms with Crippen molar-refractivity contribution in [1.82, 2.24) is 0 Å². The van der Waals surface area contributed by atoms with Crippen LogP contribution in [0.25, 0.3) is 33.4 Å². The van der Waals surface area contributed by atoms with Gasteiger partial charge in [0.2, 0.25) is 0 Å². The van der Waals surface area contributed by atoms with Crippen molar-refractivity contribution in [1.29, 1.82) is 0 Å². The third-order valence-corrected chi connectivity index (χ3v) is 15.1. The van der Waals surface area contributed by atoms with E-state index in [0.717, 1.165) is 11.4 Å². The number of hydrogen-bond acceptors (Lipinski definition) is 1. The maximum absolute atomic E-state index is 2.78. The zero-order valence-electron chi connectivity index (χ0n) is 27.7. The predicted octanol–water partition coefficient (Wildman–Crippen LogP) is 9.85. The summed E-state index contributed by atoms with van der Waals surface area (Å²) in [6, 6.07) is 78.0. The van der Waals surface area contributed by atoms with Gasteiger partial charge in [-0.15, -0.1) is 0 Å². The Morgan fingerprint density at radius 1 is 0.320 bits per heavy atom. The van der Waals surface area contributed by atoms with E-state index in [4.69, 9.17) is 0 Å². The number of nitrogens with zero attached hydrogens (tertiary/aromatic N) is 1. The van der Waals surface area contributed by atoms with E-state index in [1.54, 1.807) is 0 Å². The van der Waals surface area contributed by atoms with Crippen molar-refractivity contribution in [3.8, 4) is 33.4 Å². The lowest BCUT2D eigenvalue weighted by molar-refractivity contribution is 1.29. The highest BCUT2D eigenvalue weighted by atomic mass is 28.3. The number of rotatable bonds is 7. The molecule has 0 aliphatic carbocycles. The van der Waals surface area contributed by atoms with Crippen molar-refractivity contribution in [2.45, 2.75) is 0 Å². The molecule has 8 aromatic rings. The van der Waals surface area contributed by atoms with E-state index in [1.165, 1.54) is 59.8 Å². The fourth-order valence-electron chi connectivity index (χ4n) is 7.98. The SMILES string of the molecule is c1ccc(-c2ccc(N(c3cccc(-c4ccccc4)c3)c3cccc4c3[Si](c3ccccc3)(c3ccccc3)c3ccccc3-4)cc2)cc1. The number of hydrogen-bond donors (Lipinski definition) is 0. The molecule has 0 radical (unpaired) electrons. The summed E-state index contributed by atoms with van der Waals surface area (Å²) >= 11 is 0. The highest BCUT2D eigenvalue weighted by Crippen LogP contribution is 2.41. The Bertz CT molecular complexity index is 2360. The Labute approximate surface area is 295 Å². The summed E-state index contributed by atoms with van der Waals surface area (Å²) in [5.41, 5.74) is 11.0. The average molecular weight is 654 g/mol. The highest BCUT2D eigenvalue weighted by molar-refractivity contribution is 7.22. The lowest BCUT2D eigenvalue weighted by Crippen LogP contribution is -2.73. The highest BCUT2D eigenvalue weighted by Gasteiger charge is 2.50. The molecule has 9 rings (SSSR count). The molecule has 236 valence electrons. The van der Waals surface area contributed by atoms with Crippen LogP contribution in [0.5, 0.6) is 0 Å². The molecule has 0 atom stereocenters. The van der Waals surface area contributed by atoms with Crippen molar-refractivity contribution < 1.29 is 0 Å². The number of benzene rings is 8. The second-order valence-electron chi connectivity index (χ2n) is 12.9. The molecule has 1 aliphatic heterocycles. The molecule has 0 unspecified atom stereocenters. The van der Waals surface area contributed by atoms with E-state index in [-0.39, 0.29) is 0 Å². The van der Waals surface area contributed by atoms with Crippen molar-refractivity contribution in [2.24, 2.45) is 0 Å². The molecule has 0 spiro atoms. The molecule has 50 heavy (non-hydrogen) atoms. The summed E-state index contributed by atoms with van der Waals surface area (Å²) in [5.74, 6) is 0. The van der Waals surface area contributed by atoms with Gasteiger partial charge in [0.1, 0.15) is 0 Å². The van der Waals surface area contributed by atoms with E-state index in [2.05, 4.69) is 217 Å². The molecule has 2 heteroatoms. The van der Waals surface area contributed by atoms with Gasteiger partial charge in [-0.3, -0.25) is 0 Å². The maximum Gasteiger partial charge on any atom is 0.183 e. The minimum atomic E-state index is -2.78. The van der Waals surface area contributed by atoms with Crippen LogP contribution in [0.2, 0.25) is 0 Å². The molecule has 1 aliphatic rings. The van der Waals surface area contributed by atoms with Crippen LogP contribution in [-0.2, 0) is 0 Å². The first-order valence-corrected chi connectivity index (χ1v) is 19.3. The molecule has 0 N–H and O–H groups in total. The van der Waals surface area contributed by atoms with E-state index in [1.807, 2.05) is 0 Å². The average Bonchev–Trinajstić information content (AvgIpc) is 3.52. The summed E-state index contributed by atoms with van der Waals surface area (Å²) in [6.45, 7) is 0. The van der Waals surface area contributed by atoms with Gasteiger partial charge in [0.15, 0.2) is 8.07 Å². The molecular formula is C48H35NSi. The minimum Gasteiger partial charge on any atom is -0.311 e. The third kappa shape index (κ3) is 4.92. The summed E-state index contributed by atoms with van der Waals surface area (Å²) in [4.78, 5) is 2.50. The van der Waals surface area contributed by atoms with Gasteiger partial charge in [-0.05, 0) is 84.5 Å². The topological polar surface area (TPSA) is 3.24 Å². The fraction of sp³-hybridized carbons (Fsp3) is 0. The van der Waals surface area contributed by atoms with Crippen LogP contribution >= 0.6 is 0 Å². The van der Waals surface area contributed by atoms with Gasteiger partial charge in [-0.25, -0.2) is 0 Å². The van der Waals surface area contributed by atoms with E-state index in [9.17, 15) is 0 Å². The second-order valence-corrected chi connectivity index (χ2v) is 16.6. The molecule has 0 saturated carbocycles. The summed E-state index contributed by atoms with van der Waals surface area (Å²) in [6.07, 6.45) is 0. The third-order valence-electron chi connectivity index (χ3n) is 10.1. The van der Waals surface area contributed by atoms with Crippen LogP contribution in [0.3, 0.4) is 0 Å². The predicted molar refractivity (Wildman–Crippen MR) is 215 cm³/mol. The van der Waals surface area contributed by atoms with Gasteiger partial charge in [0.25, 0.3) is 0 Å². The Morgan fingerprint density at radius 3 is 1.44 bits per heavy atom. The fourth-order valence-corrected chi connectivity index (χ4v) is 13.3. The van der Waals surface area contributed by atoms with Gasteiger partial charge in [0, 0.05) is 17.1 Å². The molecular weight excluding hydrogens is 619 g/mol. The molecule has 1 heterocycles. The minimum absolute atomic E-state index is 1.13. The van der Waals surface area contributed by atoms with Crippen molar-refractivity contribution in [3.63, 3.8) is 0 Å². The Balaban J connectivity index is 1.35. The van der Waals surface area contributed by atoms with E-state index >= 15 is 0 Å². The maximum atomic E-state index is 2.50. The zero-order valence-corrected chi connectivity index (χ0v) is 28.7. The molecule has 0 saturated heterocycles. The van der Waals surface area contributed by atoms with Crippen LogP contribution in [0.15, 0.2) is 212 Å². The normalized spacial score (nSPS) is 12.6. The molecule has 0 amide bonds. The zero-order chi connectivity index (χ0) is 33.3. The Morgan fingerprint density at radius 2 is 0.800 bits per heavy atom. The van der Waals surface area contributed by atoms with Crippen LogP contribution in [0.1, 0.15) is 0 Å². The first-order chi connectivity index (χ1) is 24.8. The van der Waals surface area contributed by atoms with E-state index in [0.29, 0.717) is 0 Å². The Kier molecular flexibility index (Phi) is 7.57. The Hall–Kier alpha value is -6.22. The van der Waals surface area contributed by atoms with Gasteiger partial charge >= 0.3 is 0 Å². The molecule has 0 bridgehead atoms. The summed E-state index contributed by atoms with van der Waals surface area (Å²) in [7, 11) is -2.78. The van der Waals surface area contributed by atoms with E-state index < -0.39 is 8.07 Å². The molecule has 0 fully saturated rings. The number of fused-ring (bicyclic) bond motifs is 3. The van der Waals surface area contributed by atoms with Gasteiger partial charge in [-0.1, -0.05) is 182 Å². The summed E-state index contributed by atoms with van der Waals surface area (Å²) < 4.78 is 0. The molecule has 1 nitrogen and oxygen atoms in total. The van der Waals surface area contributed by atoms with Crippen molar-refractivity contribution >= 4 is 45.9 Å². The van der Waals surface area contributed by atoms with Gasteiger partial charge in [-0.2, -0.15) is 0 Å². The molecule has 0 aromatic heterocycles. The second kappa shape index (κ2) is 12.7. The monoisotopic (exact) mass is 653 g/mol. The van der Waals surface area contributed by atoms with Crippen molar-refractivity contribution in [2.75, 3.05) is 4.90 Å². The quantitative estimate of drug-likeness (QED) is 0.155. The van der Waals surface area contributed by atoms with Crippen LogP contribution in [0.4, 0.5) is 17.1 Å². The number of anilines is 3. The van der Waals surface area contributed by atoms with Crippen LogP contribution in [-0.4, -0.2) is 8.07 Å². The van der Waals surface area contributed by atoms with Crippen LogP contribution in [0, 0.1) is 0 Å². The standard InChI is InChI=1S/C48H35NSi/c1-5-17-36(18-6-1)38-31-33-40(34-32-38)49(41-22-15-21-39(35-41)37-19-7-2-8-20-37)46-29-16-28-45-44-27-13-14-30-47(44)50(48(45)46,42-23-9-3-10-24-42)43-25-11-4-12-26-43/h1-35H. The lowest BCUT2D eigenvalue weighted by Gasteiger charge is -2.36. The summed E-state index contributed by atoms with van der Waals surface area (Å²) in [5, 5.41) is 5.65. The van der Waals surface area contributed by atoms with Crippen LogP contribution < -0.4 is 25.6 Å². The lowest BCUT2D eigenvalue weighted by atomic mass is 10.0. The van der Waals surface area contributed by atoms with Gasteiger partial charge in [0.05, 0.1) is 0 Å². The van der Waals surface area contributed by atoms with Gasteiger partial charge < -0.3 is 4.90 Å². The first-order valence-electron chi connectivity index (χ1n) is 17.3. The molecule has 8 aromatic carbocycles.